The molecule has 0 bridgehead atoms. The molecule has 0 heterocycles. The Morgan fingerprint density at radius 2 is 1.95 bits per heavy atom. The van der Waals surface area contributed by atoms with E-state index in [1.165, 1.54) is 0 Å². The predicted octanol–water partition coefficient (Wildman–Crippen LogP) is 2.06. The summed E-state index contributed by atoms with van der Waals surface area (Å²) in [6, 6.07) is 0. The number of fused-ring (bicyclic) bond motifs is 1. The number of carbonyl (C=O) groups excluding carboxylic acids is 1. The molecule has 0 aromatic rings. The summed E-state index contributed by atoms with van der Waals surface area (Å²) in [7, 11) is 0. The molecule has 3 rings (SSSR count). The fourth-order valence-corrected chi connectivity index (χ4v) is 3.85. The van der Waals surface area contributed by atoms with Gasteiger partial charge in [0.15, 0.2) is 5.78 Å². The highest BCUT2D eigenvalue weighted by molar-refractivity contribution is 6.10. The van der Waals surface area contributed by atoms with Crippen molar-refractivity contribution in [2.24, 2.45) is 5.41 Å². The van der Waals surface area contributed by atoms with Crippen molar-refractivity contribution < 1.29 is 15.0 Å². The normalized spacial score (nSPS) is 32.1. The van der Waals surface area contributed by atoms with Gasteiger partial charge in [0.1, 0.15) is 5.60 Å². The van der Waals surface area contributed by atoms with Crippen molar-refractivity contribution in [1.29, 1.82) is 0 Å². The molecule has 0 unspecified atom stereocenters. The summed E-state index contributed by atoms with van der Waals surface area (Å²) in [6.45, 7) is 5.75. The van der Waals surface area contributed by atoms with Gasteiger partial charge >= 0.3 is 0 Å². The minimum atomic E-state index is -1.28. The minimum absolute atomic E-state index is 0.0855. The molecule has 3 nitrogen and oxygen atoms in total. The molecule has 0 amide bonds. The van der Waals surface area contributed by atoms with Gasteiger partial charge in [0.2, 0.25) is 0 Å². The number of hydrogen-bond donors (Lipinski definition) is 2. The summed E-state index contributed by atoms with van der Waals surface area (Å²) >= 11 is 0. The van der Waals surface area contributed by atoms with Crippen LogP contribution in [0.4, 0.5) is 0 Å². The molecule has 3 aliphatic rings. The van der Waals surface area contributed by atoms with Crippen molar-refractivity contribution in [3.63, 3.8) is 0 Å². The second-order valence-corrected chi connectivity index (χ2v) is 6.18. The van der Waals surface area contributed by atoms with E-state index in [1.807, 2.05) is 19.9 Å². The zero-order valence-corrected chi connectivity index (χ0v) is 11.7. The molecule has 1 atom stereocenters. The van der Waals surface area contributed by atoms with Crippen molar-refractivity contribution in [1.82, 2.24) is 0 Å². The van der Waals surface area contributed by atoms with Gasteiger partial charge in [0.05, 0.1) is 0 Å². The van der Waals surface area contributed by atoms with E-state index in [9.17, 15) is 15.0 Å². The fourth-order valence-electron chi connectivity index (χ4n) is 3.85. The molecule has 3 heteroatoms. The average Bonchev–Trinajstić information content (AvgIpc) is 3.10. The van der Waals surface area contributed by atoms with Crippen LogP contribution in [0.5, 0.6) is 0 Å². The van der Waals surface area contributed by atoms with Crippen molar-refractivity contribution in [2.45, 2.75) is 45.6 Å². The Hall–Kier alpha value is -1.19. The quantitative estimate of drug-likeness (QED) is 0.799. The molecule has 0 saturated heterocycles. The molecule has 0 aliphatic heterocycles. The summed E-state index contributed by atoms with van der Waals surface area (Å²) in [5, 5.41) is 19.9. The van der Waals surface area contributed by atoms with E-state index in [1.54, 1.807) is 6.92 Å². The second-order valence-electron chi connectivity index (χ2n) is 6.18. The first kappa shape index (κ1) is 12.8. The number of aliphatic hydroxyl groups is 2. The Labute approximate surface area is 113 Å². The fraction of sp³-hybridized carbons (Fsp3) is 0.562. The first-order chi connectivity index (χ1) is 8.87. The molecule has 1 fully saturated rings. The Morgan fingerprint density at radius 1 is 1.32 bits per heavy atom. The molecule has 1 spiro atoms. The minimum Gasteiger partial charge on any atom is -0.396 e. The third-order valence-corrected chi connectivity index (χ3v) is 5.23. The maximum Gasteiger partial charge on any atom is 0.195 e. The number of allylic oxidation sites excluding steroid dienone is 3. The third kappa shape index (κ3) is 1.37. The first-order valence-electron chi connectivity index (χ1n) is 6.88. The van der Waals surface area contributed by atoms with Crippen molar-refractivity contribution >= 4 is 5.78 Å². The number of rotatable bonds is 2. The lowest BCUT2D eigenvalue weighted by molar-refractivity contribution is -0.137. The number of aliphatic hydroxyl groups excluding tert-OH is 1. The smallest absolute Gasteiger partial charge is 0.195 e. The molecule has 2 N–H and O–H groups in total. The molecule has 102 valence electrons. The predicted molar refractivity (Wildman–Crippen MR) is 72.5 cm³/mol. The van der Waals surface area contributed by atoms with E-state index in [0.717, 1.165) is 35.1 Å². The zero-order chi connectivity index (χ0) is 14.0. The topological polar surface area (TPSA) is 57.5 Å². The van der Waals surface area contributed by atoms with Gasteiger partial charge in [-0.25, -0.2) is 0 Å². The monoisotopic (exact) mass is 260 g/mol. The Balaban J connectivity index is 2.21. The molecule has 3 aliphatic carbocycles. The van der Waals surface area contributed by atoms with Crippen LogP contribution in [-0.4, -0.2) is 28.2 Å². The molecule has 0 aromatic heterocycles. The lowest BCUT2D eigenvalue weighted by Gasteiger charge is -2.39. The van der Waals surface area contributed by atoms with E-state index < -0.39 is 5.60 Å². The molecule has 0 aromatic carbocycles. The largest absolute Gasteiger partial charge is 0.396 e. The summed E-state index contributed by atoms with van der Waals surface area (Å²) in [6.07, 6.45) is 4.19. The van der Waals surface area contributed by atoms with Gasteiger partial charge in [-0.2, -0.15) is 0 Å². The molecular weight excluding hydrogens is 240 g/mol. The summed E-state index contributed by atoms with van der Waals surface area (Å²) in [5.41, 5.74) is 3.25. The second kappa shape index (κ2) is 3.68. The van der Waals surface area contributed by atoms with Crippen LogP contribution in [0.1, 0.15) is 40.0 Å². The number of carbonyl (C=O) groups is 1. The first-order valence-corrected chi connectivity index (χ1v) is 6.88. The van der Waals surface area contributed by atoms with Gasteiger partial charge in [-0.05, 0) is 62.8 Å². The number of ketones is 1. The summed E-state index contributed by atoms with van der Waals surface area (Å²) in [5.74, 6) is -0.155. The van der Waals surface area contributed by atoms with Crippen LogP contribution in [0.2, 0.25) is 0 Å². The van der Waals surface area contributed by atoms with E-state index in [-0.39, 0.29) is 17.8 Å². The Kier molecular flexibility index (Phi) is 2.48. The van der Waals surface area contributed by atoms with Gasteiger partial charge in [0, 0.05) is 17.6 Å². The van der Waals surface area contributed by atoms with Gasteiger partial charge in [-0.1, -0.05) is 5.57 Å². The highest BCUT2D eigenvalue weighted by atomic mass is 16.3. The van der Waals surface area contributed by atoms with Crippen LogP contribution < -0.4 is 0 Å². The van der Waals surface area contributed by atoms with Crippen molar-refractivity contribution in [2.75, 3.05) is 6.61 Å². The van der Waals surface area contributed by atoms with E-state index in [4.69, 9.17) is 0 Å². The average molecular weight is 260 g/mol. The van der Waals surface area contributed by atoms with Crippen LogP contribution in [-0.2, 0) is 4.79 Å². The molecule has 0 radical (unpaired) electrons. The van der Waals surface area contributed by atoms with Gasteiger partial charge in [0.25, 0.3) is 0 Å². The SMILES string of the molecule is CC1=C(CCO)C2=C(C)C3(CC3)[C@@](C)(O)C(=O)C2=C1. The molecule has 19 heavy (non-hydrogen) atoms. The maximum atomic E-state index is 12.6. The highest BCUT2D eigenvalue weighted by Crippen LogP contribution is 2.65. The van der Waals surface area contributed by atoms with Crippen LogP contribution in [0.3, 0.4) is 0 Å². The van der Waals surface area contributed by atoms with E-state index in [2.05, 4.69) is 0 Å². The van der Waals surface area contributed by atoms with Crippen molar-refractivity contribution in [3.05, 3.63) is 33.9 Å². The van der Waals surface area contributed by atoms with Crippen LogP contribution in [0.25, 0.3) is 0 Å². The highest BCUT2D eigenvalue weighted by Gasteiger charge is 2.64. The molecular formula is C16H20O3. The maximum absolute atomic E-state index is 12.6. The lowest BCUT2D eigenvalue weighted by Crippen LogP contribution is -2.49. The van der Waals surface area contributed by atoms with Crippen LogP contribution in [0.15, 0.2) is 33.9 Å². The Morgan fingerprint density at radius 3 is 2.47 bits per heavy atom. The van der Waals surface area contributed by atoms with Gasteiger partial charge in [-0.3, -0.25) is 4.79 Å². The van der Waals surface area contributed by atoms with Crippen molar-refractivity contribution in [3.8, 4) is 0 Å². The standard InChI is InChI=1S/C16H20O3/c1-9-8-12-13(11(9)4-7-17)10(2)16(5-6-16)15(3,19)14(12)18/h8,17,19H,4-7H2,1-3H3/t15-/m0/s1. The van der Waals surface area contributed by atoms with Gasteiger partial charge in [-0.15, -0.1) is 0 Å². The zero-order valence-electron chi connectivity index (χ0n) is 11.7. The Bertz CT molecular complexity index is 569. The lowest BCUT2D eigenvalue weighted by atomic mass is 9.67. The summed E-state index contributed by atoms with van der Waals surface area (Å²) < 4.78 is 0. The number of hydrogen-bond acceptors (Lipinski definition) is 3. The summed E-state index contributed by atoms with van der Waals surface area (Å²) in [4.78, 5) is 12.6. The number of Topliss-reactive ketones (excluding diaryl/α,β-unsaturated/α-hetero) is 1. The van der Waals surface area contributed by atoms with Crippen LogP contribution in [0, 0.1) is 5.41 Å². The van der Waals surface area contributed by atoms with E-state index >= 15 is 0 Å². The molecule has 1 saturated carbocycles. The van der Waals surface area contributed by atoms with Crippen LogP contribution >= 0.6 is 0 Å². The third-order valence-electron chi connectivity index (χ3n) is 5.23. The van der Waals surface area contributed by atoms with E-state index in [0.29, 0.717) is 12.0 Å². The van der Waals surface area contributed by atoms with Gasteiger partial charge < -0.3 is 10.2 Å².